The highest BCUT2D eigenvalue weighted by molar-refractivity contribution is 8.33. The quantitative estimate of drug-likeness (QED) is 0.301. The molecule has 1 nitrogen and oxygen atoms in total. The third-order valence-electron chi connectivity index (χ3n) is 6.53. The molecule has 6 rings (SSSR count). The van der Waals surface area contributed by atoms with Crippen LogP contribution in [0.3, 0.4) is 0 Å². The number of nitrogens with one attached hydrogen (secondary N) is 1. The number of benzene rings is 5. The number of anilines is 2. The van der Waals surface area contributed by atoms with Gasteiger partial charge in [-0.05, 0) is 76.4 Å². The van der Waals surface area contributed by atoms with Crippen molar-refractivity contribution in [2.75, 3.05) is 17.8 Å². The molecule has 0 unspecified atom stereocenters. The molecule has 32 heavy (non-hydrogen) atoms. The summed E-state index contributed by atoms with van der Waals surface area (Å²) in [6, 6.07) is 39.5. The Kier molecular flexibility index (Phi) is 4.38. The number of hydrogen-bond acceptors (Lipinski definition) is 1. The topological polar surface area (TPSA) is 12.0 Å². The second-order valence-electron chi connectivity index (χ2n) is 8.77. The minimum Gasteiger partial charge on any atom is -0.355 e. The van der Waals surface area contributed by atoms with E-state index in [0.717, 1.165) is 5.69 Å². The molecule has 0 saturated heterocycles. The maximum absolute atomic E-state index is 3.70. The predicted molar refractivity (Wildman–Crippen MR) is 141 cm³/mol. The van der Waals surface area contributed by atoms with E-state index < -0.39 is 10.0 Å². The van der Waals surface area contributed by atoms with Crippen molar-refractivity contribution in [3.8, 4) is 22.3 Å². The summed E-state index contributed by atoms with van der Waals surface area (Å²) in [6.45, 7) is 0. The number of hydrogen-bond donors (Lipinski definition) is 1. The highest BCUT2D eigenvalue weighted by atomic mass is 32.3. The van der Waals surface area contributed by atoms with Crippen LogP contribution in [0.15, 0.2) is 119 Å². The standard InChI is InChI=1S/C30H25NS/c1-32(2)28-12-6-5-10-26(28)30-27(11-7-13-29(30)32)31-25-18-16-22(17-19-25)24-15-14-21-8-3-4-9-23(21)20-24/h3-20,31H,1-2H3. The van der Waals surface area contributed by atoms with E-state index in [4.69, 9.17) is 0 Å². The van der Waals surface area contributed by atoms with Gasteiger partial charge in [0.15, 0.2) is 0 Å². The van der Waals surface area contributed by atoms with Crippen LogP contribution in [0.1, 0.15) is 0 Å². The second-order valence-corrected chi connectivity index (χ2v) is 12.3. The van der Waals surface area contributed by atoms with Crippen molar-refractivity contribution in [1.82, 2.24) is 0 Å². The van der Waals surface area contributed by atoms with Crippen LogP contribution in [0, 0.1) is 0 Å². The lowest BCUT2D eigenvalue weighted by molar-refractivity contribution is 1.43. The molecular formula is C30H25NS. The lowest BCUT2D eigenvalue weighted by atomic mass is 10.0. The van der Waals surface area contributed by atoms with Crippen LogP contribution in [0.2, 0.25) is 0 Å². The first-order valence-electron chi connectivity index (χ1n) is 10.9. The van der Waals surface area contributed by atoms with Crippen molar-refractivity contribution >= 4 is 32.2 Å². The fraction of sp³-hybridized carbons (Fsp3) is 0.0667. The van der Waals surface area contributed by atoms with Crippen molar-refractivity contribution < 1.29 is 0 Å². The average molecular weight is 432 g/mol. The molecule has 0 saturated carbocycles. The van der Waals surface area contributed by atoms with Crippen LogP contribution in [-0.4, -0.2) is 12.5 Å². The molecule has 0 fully saturated rings. The summed E-state index contributed by atoms with van der Waals surface area (Å²) in [7, 11) is -0.980. The molecule has 1 aliphatic rings. The first-order valence-corrected chi connectivity index (χ1v) is 13.4. The Hall–Kier alpha value is -3.49. The van der Waals surface area contributed by atoms with Gasteiger partial charge in [-0.25, -0.2) is 0 Å². The van der Waals surface area contributed by atoms with Gasteiger partial charge in [-0.3, -0.25) is 0 Å². The van der Waals surface area contributed by atoms with Crippen molar-refractivity contribution in [3.63, 3.8) is 0 Å². The summed E-state index contributed by atoms with van der Waals surface area (Å²) in [5, 5.41) is 6.25. The van der Waals surface area contributed by atoms with Gasteiger partial charge in [0.2, 0.25) is 0 Å². The SMILES string of the molecule is CS1(C)c2ccccc2-c2c(Nc3ccc(-c4ccc5ccccc5c4)cc3)cccc21. The molecule has 156 valence electrons. The summed E-state index contributed by atoms with van der Waals surface area (Å²) in [6.07, 6.45) is 4.81. The molecule has 1 heterocycles. The summed E-state index contributed by atoms with van der Waals surface area (Å²) in [5.74, 6) is 0. The predicted octanol–water partition coefficient (Wildman–Crippen LogP) is 8.71. The molecular weight excluding hydrogens is 406 g/mol. The summed E-state index contributed by atoms with van der Waals surface area (Å²) in [4.78, 5) is 2.95. The van der Waals surface area contributed by atoms with Gasteiger partial charge >= 0.3 is 0 Å². The maximum atomic E-state index is 3.70. The Labute approximate surface area is 191 Å². The summed E-state index contributed by atoms with van der Waals surface area (Å²) >= 11 is 0. The van der Waals surface area contributed by atoms with Crippen LogP contribution in [0.5, 0.6) is 0 Å². The molecule has 1 aliphatic heterocycles. The number of rotatable bonds is 3. The molecule has 0 bridgehead atoms. The highest BCUT2D eigenvalue weighted by Gasteiger charge is 2.32. The van der Waals surface area contributed by atoms with Gasteiger partial charge in [0, 0.05) is 26.7 Å². The molecule has 0 atom stereocenters. The van der Waals surface area contributed by atoms with Gasteiger partial charge in [-0.2, -0.15) is 10.0 Å². The molecule has 5 aromatic rings. The van der Waals surface area contributed by atoms with Crippen molar-refractivity contribution in [3.05, 3.63) is 109 Å². The minimum atomic E-state index is -0.980. The zero-order chi connectivity index (χ0) is 21.7. The Morgan fingerprint density at radius 2 is 1.25 bits per heavy atom. The smallest absolute Gasteiger partial charge is 0.0475 e. The molecule has 0 spiro atoms. The van der Waals surface area contributed by atoms with Crippen LogP contribution in [0.4, 0.5) is 11.4 Å². The molecule has 2 heteroatoms. The molecule has 0 radical (unpaired) electrons. The molecule has 1 N–H and O–H groups in total. The normalized spacial score (nSPS) is 14.6. The Morgan fingerprint density at radius 3 is 2.09 bits per heavy atom. The van der Waals surface area contributed by atoms with Crippen molar-refractivity contribution in [1.29, 1.82) is 0 Å². The summed E-state index contributed by atoms with van der Waals surface area (Å²) in [5.41, 5.74) is 7.51. The van der Waals surface area contributed by atoms with Gasteiger partial charge in [-0.15, -0.1) is 0 Å². The van der Waals surface area contributed by atoms with E-state index in [-0.39, 0.29) is 0 Å². The van der Waals surface area contributed by atoms with E-state index in [1.54, 1.807) is 0 Å². The molecule has 5 aromatic carbocycles. The van der Waals surface area contributed by atoms with Gasteiger partial charge in [-0.1, -0.05) is 72.8 Å². The Morgan fingerprint density at radius 1 is 0.562 bits per heavy atom. The Bertz CT molecular complexity index is 1460. The third kappa shape index (κ3) is 3.03. The fourth-order valence-electron chi connectivity index (χ4n) is 4.85. The minimum absolute atomic E-state index is 0.980. The highest BCUT2D eigenvalue weighted by Crippen LogP contribution is 2.68. The lowest BCUT2D eigenvalue weighted by Gasteiger charge is -2.28. The zero-order valence-electron chi connectivity index (χ0n) is 18.3. The van der Waals surface area contributed by atoms with E-state index in [9.17, 15) is 0 Å². The van der Waals surface area contributed by atoms with Gasteiger partial charge in [0.25, 0.3) is 0 Å². The Balaban J connectivity index is 1.35. The van der Waals surface area contributed by atoms with Gasteiger partial charge < -0.3 is 5.32 Å². The first kappa shape index (κ1) is 19.2. The van der Waals surface area contributed by atoms with Crippen LogP contribution in [-0.2, 0) is 0 Å². The summed E-state index contributed by atoms with van der Waals surface area (Å²) < 4.78 is 0. The van der Waals surface area contributed by atoms with E-state index in [1.807, 2.05) is 0 Å². The molecule has 0 amide bonds. The lowest BCUT2D eigenvalue weighted by Crippen LogP contribution is -1.95. The van der Waals surface area contributed by atoms with E-state index >= 15 is 0 Å². The van der Waals surface area contributed by atoms with Crippen LogP contribution >= 0.6 is 10.0 Å². The first-order chi connectivity index (χ1) is 15.6. The third-order valence-corrected chi connectivity index (χ3v) is 9.42. The van der Waals surface area contributed by atoms with E-state index in [1.165, 1.54) is 48.5 Å². The molecule has 0 aliphatic carbocycles. The number of fused-ring (bicyclic) bond motifs is 4. The van der Waals surface area contributed by atoms with E-state index in [2.05, 4.69) is 127 Å². The maximum Gasteiger partial charge on any atom is 0.0475 e. The molecule has 0 aromatic heterocycles. The monoisotopic (exact) mass is 431 g/mol. The van der Waals surface area contributed by atoms with Gasteiger partial charge in [0.05, 0.1) is 0 Å². The van der Waals surface area contributed by atoms with Gasteiger partial charge in [0.1, 0.15) is 0 Å². The average Bonchev–Trinajstić information content (AvgIpc) is 3.07. The van der Waals surface area contributed by atoms with Crippen molar-refractivity contribution in [2.45, 2.75) is 9.79 Å². The van der Waals surface area contributed by atoms with Crippen LogP contribution < -0.4 is 5.32 Å². The van der Waals surface area contributed by atoms with Crippen LogP contribution in [0.25, 0.3) is 33.0 Å². The fourth-order valence-corrected chi connectivity index (χ4v) is 7.37. The zero-order valence-corrected chi connectivity index (χ0v) is 19.1. The van der Waals surface area contributed by atoms with E-state index in [0.29, 0.717) is 0 Å². The second kappa shape index (κ2) is 7.29. The van der Waals surface area contributed by atoms with Crippen molar-refractivity contribution in [2.24, 2.45) is 0 Å². The largest absolute Gasteiger partial charge is 0.355 e.